The molecule has 9 aromatic carbocycles. The molecule has 1 fully saturated rings. The van der Waals surface area contributed by atoms with Crippen LogP contribution in [0.15, 0.2) is 194 Å². The molecule has 2 heteroatoms. The first-order chi connectivity index (χ1) is 28.7. The van der Waals surface area contributed by atoms with Crippen LogP contribution in [-0.4, -0.2) is 0 Å². The summed E-state index contributed by atoms with van der Waals surface area (Å²) in [5.41, 5.74) is 12.3. The predicted molar refractivity (Wildman–Crippen MR) is 251 cm³/mol. The van der Waals surface area contributed by atoms with Crippen molar-refractivity contribution < 1.29 is 0 Å². The highest BCUT2D eigenvalue weighted by Crippen LogP contribution is 2.45. The maximum atomic E-state index is 2.44. The predicted octanol–water partition coefficient (Wildman–Crippen LogP) is 16.9. The Bertz CT molecular complexity index is 3090. The fourth-order valence-electron chi connectivity index (χ4n) is 9.55. The molecule has 1 aromatic heterocycles. The number of hydrogen-bond donors (Lipinski definition) is 0. The molecule has 1 aliphatic carbocycles. The molecule has 0 bridgehead atoms. The Morgan fingerprint density at radius 1 is 0.379 bits per heavy atom. The van der Waals surface area contributed by atoms with Crippen LogP contribution in [0.2, 0.25) is 0 Å². The molecule has 1 nitrogen and oxygen atoms in total. The van der Waals surface area contributed by atoms with Gasteiger partial charge in [0.1, 0.15) is 0 Å². The average Bonchev–Trinajstić information content (AvgIpc) is 3.67. The summed E-state index contributed by atoms with van der Waals surface area (Å²) in [6.07, 6.45) is 6.65. The molecule has 58 heavy (non-hydrogen) atoms. The molecular weight excluding hydrogens is 719 g/mol. The Morgan fingerprint density at radius 2 is 0.983 bits per heavy atom. The number of benzene rings is 9. The van der Waals surface area contributed by atoms with E-state index in [4.69, 9.17) is 0 Å². The van der Waals surface area contributed by atoms with Crippen LogP contribution in [0.1, 0.15) is 43.6 Å². The van der Waals surface area contributed by atoms with E-state index in [1.807, 2.05) is 11.3 Å². The van der Waals surface area contributed by atoms with E-state index in [2.05, 4.69) is 199 Å². The Balaban J connectivity index is 1.07. The lowest BCUT2D eigenvalue weighted by Crippen LogP contribution is -2.10. The van der Waals surface area contributed by atoms with Gasteiger partial charge < -0.3 is 4.90 Å². The van der Waals surface area contributed by atoms with Crippen molar-refractivity contribution >= 4 is 70.1 Å². The number of anilines is 3. The summed E-state index contributed by atoms with van der Waals surface area (Å²) in [6.45, 7) is 0. The van der Waals surface area contributed by atoms with E-state index in [0.717, 1.165) is 5.69 Å². The van der Waals surface area contributed by atoms with Gasteiger partial charge in [0, 0.05) is 37.2 Å². The molecule has 0 radical (unpaired) electrons. The van der Waals surface area contributed by atoms with E-state index < -0.39 is 0 Å². The van der Waals surface area contributed by atoms with Gasteiger partial charge in [-0.2, -0.15) is 0 Å². The molecule has 278 valence electrons. The molecule has 10 aromatic rings. The van der Waals surface area contributed by atoms with Gasteiger partial charge in [0.15, 0.2) is 0 Å². The molecule has 0 saturated heterocycles. The summed E-state index contributed by atoms with van der Waals surface area (Å²) >= 11 is 1.88. The summed E-state index contributed by atoms with van der Waals surface area (Å²) in [6, 6.07) is 72.4. The van der Waals surface area contributed by atoms with Gasteiger partial charge in [-0.05, 0) is 128 Å². The molecule has 0 aliphatic heterocycles. The zero-order valence-corrected chi connectivity index (χ0v) is 33.3. The largest absolute Gasteiger partial charge is 0.310 e. The number of rotatable bonds is 7. The van der Waals surface area contributed by atoms with Crippen LogP contribution in [0.25, 0.3) is 75.1 Å². The van der Waals surface area contributed by atoms with Crippen LogP contribution < -0.4 is 4.90 Å². The van der Waals surface area contributed by atoms with Crippen LogP contribution in [0.5, 0.6) is 0 Å². The summed E-state index contributed by atoms with van der Waals surface area (Å²) in [7, 11) is 0. The lowest BCUT2D eigenvalue weighted by atomic mass is 9.84. The molecule has 11 rings (SSSR count). The van der Waals surface area contributed by atoms with Crippen molar-refractivity contribution in [2.75, 3.05) is 4.90 Å². The van der Waals surface area contributed by atoms with Crippen molar-refractivity contribution in [1.82, 2.24) is 0 Å². The van der Waals surface area contributed by atoms with E-state index in [1.54, 1.807) is 0 Å². The molecule has 0 spiro atoms. The van der Waals surface area contributed by atoms with Crippen LogP contribution in [0, 0.1) is 0 Å². The highest BCUT2D eigenvalue weighted by Gasteiger charge is 2.20. The van der Waals surface area contributed by atoms with Gasteiger partial charge >= 0.3 is 0 Å². The van der Waals surface area contributed by atoms with Gasteiger partial charge in [-0.3, -0.25) is 0 Å². The van der Waals surface area contributed by atoms with E-state index in [0.29, 0.717) is 5.92 Å². The van der Waals surface area contributed by atoms with Crippen molar-refractivity contribution in [3.05, 3.63) is 200 Å². The average molecular weight is 762 g/mol. The normalized spacial score (nSPS) is 13.4. The molecular formula is C56H43NS. The van der Waals surface area contributed by atoms with E-state index in [9.17, 15) is 0 Å². The topological polar surface area (TPSA) is 3.24 Å². The Kier molecular flexibility index (Phi) is 8.86. The molecule has 0 atom stereocenters. The monoisotopic (exact) mass is 761 g/mol. The lowest BCUT2D eigenvalue weighted by molar-refractivity contribution is 0.443. The first-order valence-corrected chi connectivity index (χ1v) is 21.6. The third-order valence-corrected chi connectivity index (χ3v) is 13.6. The minimum atomic E-state index is 0.670. The lowest BCUT2D eigenvalue weighted by Gasteiger charge is -2.27. The maximum absolute atomic E-state index is 2.44. The second-order valence-corrected chi connectivity index (χ2v) is 17.0. The van der Waals surface area contributed by atoms with E-state index in [1.165, 1.54) is 124 Å². The highest BCUT2D eigenvalue weighted by molar-refractivity contribution is 7.25. The second kappa shape index (κ2) is 14.8. The molecule has 0 amide bonds. The SMILES string of the molecule is c1cc(-c2ccc3ccccc3c2)c(-c2ccc(N(c3ccc(C4CCCCC4)cc3)c3ccc4c(c3)sc3ccccc34)cc2)c(-c2cccc3ccccc23)c1. The summed E-state index contributed by atoms with van der Waals surface area (Å²) in [4.78, 5) is 2.44. The van der Waals surface area contributed by atoms with Crippen LogP contribution in [0.4, 0.5) is 17.1 Å². The van der Waals surface area contributed by atoms with Crippen molar-refractivity contribution in [3.63, 3.8) is 0 Å². The van der Waals surface area contributed by atoms with Crippen molar-refractivity contribution in [2.45, 2.75) is 38.0 Å². The van der Waals surface area contributed by atoms with Gasteiger partial charge in [-0.1, -0.05) is 165 Å². The fourth-order valence-corrected chi connectivity index (χ4v) is 10.7. The standard InChI is InChI=1S/C56H43NS/c1-2-12-38(13-3-1)40-26-30-45(31-27-40)57(47-34-35-52-51-19-8-9-23-54(51)58-55(52)37-47)46-32-28-42(29-33-46)56-49(44-25-24-39-14-4-5-16-43(39)36-44)20-11-22-53(56)50-21-10-17-41-15-6-7-18-48(41)50/h4-11,14-38H,1-3,12-13H2. The van der Waals surface area contributed by atoms with Crippen LogP contribution in [0.3, 0.4) is 0 Å². The Hall–Kier alpha value is -6.48. The maximum Gasteiger partial charge on any atom is 0.0476 e. The first-order valence-electron chi connectivity index (χ1n) is 20.8. The summed E-state index contributed by atoms with van der Waals surface area (Å²) in [5, 5.41) is 7.66. The number of thiophene rings is 1. The fraction of sp³-hybridized carbons (Fsp3) is 0.107. The molecule has 1 heterocycles. The molecule has 0 N–H and O–H groups in total. The number of nitrogens with zero attached hydrogens (tertiary/aromatic N) is 1. The third kappa shape index (κ3) is 6.26. The third-order valence-electron chi connectivity index (χ3n) is 12.5. The van der Waals surface area contributed by atoms with Gasteiger partial charge in [-0.25, -0.2) is 0 Å². The second-order valence-electron chi connectivity index (χ2n) is 15.9. The van der Waals surface area contributed by atoms with Crippen molar-refractivity contribution in [3.8, 4) is 33.4 Å². The smallest absolute Gasteiger partial charge is 0.0476 e. The minimum Gasteiger partial charge on any atom is -0.310 e. The Labute approximate surface area is 344 Å². The highest BCUT2D eigenvalue weighted by atomic mass is 32.1. The van der Waals surface area contributed by atoms with Crippen molar-refractivity contribution in [1.29, 1.82) is 0 Å². The van der Waals surface area contributed by atoms with Gasteiger partial charge in [-0.15, -0.1) is 11.3 Å². The van der Waals surface area contributed by atoms with E-state index >= 15 is 0 Å². The molecule has 1 saturated carbocycles. The van der Waals surface area contributed by atoms with Gasteiger partial charge in [0.25, 0.3) is 0 Å². The zero-order valence-electron chi connectivity index (χ0n) is 32.4. The quantitative estimate of drug-likeness (QED) is 0.156. The summed E-state index contributed by atoms with van der Waals surface area (Å²) < 4.78 is 2.64. The number of hydrogen-bond acceptors (Lipinski definition) is 2. The van der Waals surface area contributed by atoms with Gasteiger partial charge in [0.2, 0.25) is 0 Å². The van der Waals surface area contributed by atoms with Crippen molar-refractivity contribution in [2.24, 2.45) is 0 Å². The zero-order chi connectivity index (χ0) is 38.4. The molecule has 0 unspecified atom stereocenters. The minimum absolute atomic E-state index is 0.670. The Morgan fingerprint density at radius 3 is 1.81 bits per heavy atom. The van der Waals surface area contributed by atoms with Crippen LogP contribution >= 0.6 is 11.3 Å². The summed E-state index contributed by atoms with van der Waals surface area (Å²) in [5.74, 6) is 0.670. The van der Waals surface area contributed by atoms with E-state index in [-0.39, 0.29) is 0 Å². The first kappa shape index (κ1) is 34.7. The number of fused-ring (bicyclic) bond motifs is 5. The van der Waals surface area contributed by atoms with Crippen LogP contribution in [-0.2, 0) is 0 Å². The molecule has 1 aliphatic rings. The van der Waals surface area contributed by atoms with Gasteiger partial charge in [0.05, 0.1) is 0 Å².